The van der Waals surface area contributed by atoms with Crippen LogP contribution >= 0.6 is 0 Å². The highest BCUT2D eigenvalue weighted by atomic mass is 16.3. The Morgan fingerprint density at radius 1 is 0.640 bits per heavy atom. The Bertz CT molecular complexity index is 702. The van der Waals surface area contributed by atoms with Gasteiger partial charge >= 0.3 is 0 Å². The Morgan fingerprint density at radius 3 is 1.56 bits per heavy atom. The molecule has 0 atom stereocenters. The van der Waals surface area contributed by atoms with Gasteiger partial charge in [0.05, 0.1) is 0 Å². The van der Waals surface area contributed by atoms with Crippen molar-refractivity contribution in [1.29, 1.82) is 0 Å². The van der Waals surface area contributed by atoms with Crippen molar-refractivity contribution in [3.63, 3.8) is 0 Å². The normalized spacial score (nSPS) is 13.2. The fourth-order valence-corrected chi connectivity index (χ4v) is 3.51. The van der Waals surface area contributed by atoms with Crippen molar-refractivity contribution < 1.29 is 5.11 Å². The largest absolute Gasteiger partial charge is 0.508 e. The van der Waals surface area contributed by atoms with E-state index >= 15 is 0 Å². The molecule has 0 aliphatic rings. The molecule has 0 fully saturated rings. The van der Waals surface area contributed by atoms with Crippen LogP contribution in [0.5, 0.6) is 5.75 Å². The molecule has 0 aliphatic heterocycles. The molecule has 0 saturated carbocycles. The number of phenols is 1. The zero-order valence-electron chi connectivity index (χ0n) is 17.4. The van der Waals surface area contributed by atoms with Crippen molar-refractivity contribution in [2.24, 2.45) is 0 Å². The quantitative estimate of drug-likeness (QED) is 0.652. The van der Waals surface area contributed by atoms with E-state index in [2.05, 4.69) is 92.6 Å². The van der Waals surface area contributed by atoms with Crippen LogP contribution in [0.4, 0.5) is 0 Å². The first-order valence-corrected chi connectivity index (χ1v) is 9.20. The van der Waals surface area contributed by atoms with Crippen LogP contribution in [0.15, 0.2) is 36.4 Å². The van der Waals surface area contributed by atoms with Gasteiger partial charge in [0.25, 0.3) is 0 Å². The maximum absolute atomic E-state index is 10.3. The van der Waals surface area contributed by atoms with Gasteiger partial charge in [-0.2, -0.15) is 0 Å². The van der Waals surface area contributed by atoms with Crippen molar-refractivity contribution in [3.8, 4) is 5.75 Å². The Kier molecular flexibility index (Phi) is 4.85. The lowest BCUT2D eigenvalue weighted by molar-refractivity contribution is 0.445. The van der Waals surface area contributed by atoms with Crippen LogP contribution in [0.1, 0.15) is 83.2 Å². The summed E-state index contributed by atoms with van der Waals surface area (Å²) >= 11 is 0. The van der Waals surface area contributed by atoms with Crippen molar-refractivity contribution in [1.82, 2.24) is 0 Å². The summed E-state index contributed by atoms with van der Waals surface area (Å²) in [6.07, 6.45) is 0. The van der Waals surface area contributed by atoms with Gasteiger partial charge in [0.15, 0.2) is 0 Å². The van der Waals surface area contributed by atoms with Crippen LogP contribution in [0.2, 0.25) is 0 Å². The number of rotatable bonds is 2. The Morgan fingerprint density at radius 2 is 1.08 bits per heavy atom. The lowest BCUT2D eigenvalue weighted by atomic mass is 9.73. The van der Waals surface area contributed by atoms with E-state index in [1.54, 1.807) is 0 Å². The smallest absolute Gasteiger partial charge is 0.119 e. The third kappa shape index (κ3) is 3.92. The summed E-state index contributed by atoms with van der Waals surface area (Å²) in [5, 5.41) is 10.3. The number of aromatic hydroxyl groups is 1. The number of hydrogen-bond donors (Lipinski definition) is 1. The first-order chi connectivity index (χ1) is 11.2. The van der Waals surface area contributed by atoms with E-state index in [1.807, 2.05) is 6.07 Å². The molecule has 0 saturated heterocycles. The Labute approximate surface area is 154 Å². The SMILES string of the molecule is Cc1ccc(C(C)(C)c2ccc(O)c(C(C)(C)C)c2)cc1C(C)(C)C. The number of hydrogen-bond acceptors (Lipinski definition) is 1. The molecule has 1 N–H and O–H groups in total. The Balaban J connectivity index is 2.60. The van der Waals surface area contributed by atoms with Crippen LogP contribution < -0.4 is 0 Å². The second-order valence-corrected chi connectivity index (χ2v) is 9.89. The molecule has 0 unspecified atom stereocenters. The monoisotopic (exact) mass is 338 g/mol. The molecule has 136 valence electrons. The van der Waals surface area contributed by atoms with Gasteiger partial charge < -0.3 is 5.11 Å². The molecule has 2 aromatic carbocycles. The van der Waals surface area contributed by atoms with Gasteiger partial charge in [-0.1, -0.05) is 85.7 Å². The summed E-state index contributed by atoms with van der Waals surface area (Å²) in [5.41, 5.74) is 6.21. The van der Waals surface area contributed by atoms with Crippen molar-refractivity contribution in [2.45, 2.75) is 78.6 Å². The average molecular weight is 339 g/mol. The van der Waals surface area contributed by atoms with Crippen LogP contribution in [0.25, 0.3) is 0 Å². The van der Waals surface area contributed by atoms with E-state index in [-0.39, 0.29) is 16.2 Å². The number of phenolic OH excluding ortho intramolecular Hbond substituents is 1. The topological polar surface area (TPSA) is 20.2 Å². The first-order valence-electron chi connectivity index (χ1n) is 9.20. The highest BCUT2D eigenvalue weighted by molar-refractivity contribution is 5.48. The molecule has 0 amide bonds. The minimum atomic E-state index is -0.124. The number of benzene rings is 2. The average Bonchev–Trinajstić information content (AvgIpc) is 2.45. The zero-order valence-corrected chi connectivity index (χ0v) is 17.4. The zero-order chi connectivity index (χ0) is 19.2. The highest BCUT2D eigenvalue weighted by Gasteiger charge is 2.28. The predicted octanol–water partition coefficient (Wildman–Crippen LogP) is 6.62. The van der Waals surface area contributed by atoms with Gasteiger partial charge in [-0.05, 0) is 51.6 Å². The molecular weight excluding hydrogens is 304 g/mol. The van der Waals surface area contributed by atoms with Gasteiger partial charge in [-0.15, -0.1) is 0 Å². The first kappa shape index (κ1) is 19.6. The summed E-state index contributed by atoms with van der Waals surface area (Å²) < 4.78 is 0. The summed E-state index contributed by atoms with van der Waals surface area (Å²) in [6, 6.07) is 12.9. The van der Waals surface area contributed by atoms with Gasteiger partial charge in [-0.3, -0.25) is 0 Å². The summed E-state index contributed by atoms with van der Waals surface area (Å²) in [7, 11) is 0. The second-order valence-electron chi connectivity index (χ2n) is 9.89. The van der Waals surface area contributed by atoms with E-state index in [4.69, 9.17) is 0 Å². The van der Waals surface area contributed by atoms with Crippen molar-refractivity contribution in [3.05, 3.63) is 64.2 Å². The fourth-order valence-electron chi connectivity index (χ4n) is 3.51. The second kappa shape index (κ2) is 6.20. The minimum Gasteiger partial charge on any atom is -0.508 e. The van der Waals surface area contributed by atoms with E-state index < -0.39 is 0 Å². The van der Waals surface area contributed by atoms with Gasteiger partial charge in [-0.25, -0.2) is 0 Å². The van der Waals surface area contributed by atoms with Gasteiger partial charge in [0.1, 0.15) is 5.75 Å². The molecular formula is C24H34O. The molecule has 1 heteroatoms. The fraction of sp³-hybridized carbons (Fsp3) is 0.500. The van der Waals surface area contributed by atoms with Crippen LogP contribution in [-0.4, -0.2) is 5.11 Å². The third-order valence-electron chi connectivity index (χ3n) is 5.29. The molecule has 2 aromatic rings. The molecule has 0 aliphatic carbocycles. The van der Waals surface area contributed by atoms with E-state index in [9.17, 15) is 5.11 Å². The predicted molar refractivity (Wildman–Crippen MR) is 109 cm³/mol. The molecule has 25 heavy (non-hydrogen) atoms. The van der Waals surface area contributed by atoms with E-state index in [0.717, 1.165) is 5.56 Å². The standard InChI is InChI=1S/C24H34O/c1-16-10-11-17(14-19(16)22(2,3)4)24(8,9)18-12-13-21(25)20(15-18)23(5,6)7/h10-15,25H,1-9H3. The highest BCUT2D eigenvalue weighted by Crippen LogP contribution is 2.39. The van der Waals surface area contributed by atoms with Crippen molar-refractivity contribution >= 4 is 0 Å². The number of aryl methyl sites for hydroxylation is 1. The molecule has 0 aromatic heterocycles. The summed E-state index contributed by atoms with van der Waals surface area (Å²) in [4.78, 5) is 0. The lowest BCUT2D eigenvalue weighted by Crippen LogP contribution is -2.22. The van der Waals surface area contributed by atoms with E-state index in [1.165, 1.54) is 22.3 Å². The van der Waals surface area contributed by atoms with Crippen LogP contribution in [0.3, 0.4) is 0 Å². The Hall–Kier alpha value is -1.76. The van der Waals surface area contributed by atoms with Crippen molar-refractivity contribution in [2.75, 3.05) is 0 Å². The molecule has 0 radical (unpaired) electrons. The maximum atomic E-state index is 10.3. The molecule has 0 heterocycles. The van der Waals surface area contributed by atoms with Crippen LogP contribution in [0, 0.1) is 6.92 Å². The third-order valence-corrected chi connectivity index (χ3v) is 5.29. The van der Waals surface area contributed by atoms with Crippen LogP contribution in [-0.2, 0) is 16.2 Å². The summed E-state index contributed by atoms with van der Waals surface area (Å²) in [5.74, 6) is 0.381. The maximum Gasteiger partial charge on any atom is 0.119 e. The lowest BCUT2D eigenvalue weighted by Gasteiger charge is -2.31. The minimum absolute atomic E-state index is 0.0833. The molecule has 1 nitrogen and oxygen atoms in total. The van der Waals surface area contributed by atoms with Gasteiger partial charge in [0, 0.05) is 5.41 Å². The molecule has 2 rings (SSSR count). The van der Waals surface area contributed by atoms with Gasteiger partial charge in [0.2, 0.25) is 0 Å². The molecule has 0 bridgehead atoms. The van der Waals surface area contributed by atoms with E-state index in [0.29, 0.717) is 5.75 Å². The summed E-state index contributed by atoms with van der Waals surface area (Å²) in [6.45, 7) is 20.0. The molecule has 0 spiro atoms.